The van der Waals surface area contributed by atoms with Gasteiger partial charge in [-0.15, -0.1) is 0 Å². The molecule has 4 rings (SSSR count). The van der Waals surface area contributed by atoms with Crippen molar-refractivity contribution in [3.8, 4) is 5.69 Å². The Morgan fingerprint density at radius 3 is 2.54 bits per heavy atom. The number of alkyl halides is 3. The Kier molecular flexibility index (Phi) is 4.47. The second kappa shape index (κ2) is 6.83. The number of rotatable bonds is 2. The number of fused-ring (bicyclic) bond motifs is 1. The summed E-state index contributed by atoms with van der Waals surface area (Å²) in [6, 6.07) is 12.9. The molecule has 4 nitrogen and oxygen atoms in total. The molecule has 1 aliphatic rings. The summed E-state index contributed by atoms with van der Waals surface area (Å²) in [6.45, 7) is 0.136. The first-order valence-electron chi connectivity index (χ1n) is 8.33. The van der Waals surface area contributed by atoms with Crippen molar-refractivity contribution >= 4 is 23.6 Å². The van der Waals surface area contributed by atoms with Crippen molar-refractivity contribution < 1.29 is 18.0 Å². The molecule has 0 saturated carbocycles. The van der Waals surface area contributed by atoms with Crippen molar-refractivity contribution in [3.63, 3.8) is 0 Å². The summed E-state index contributed by atoms with van der Waals surface area (Å²) < 4.78 is 41.1. The fraction of sp³-hybridized carbons (Fsp3) is 0.100. The molecule has 0 aliphatic carbocycles. The van der Waals surface area contributed by atoms with Gasteiger partial charge in [0.15, 0.2) is 0 Å². The van der Waals surface area contributed by atoms with E-state index in [2.05, 4.69) is 4.98 Å². The first kappa shape index (κ1) is 18.3. The highest BCUT2D eigenvalue weighted by molar-refractivity contribution is 6.34. The van der Waals surface area contributed by atoms with Gasteiger partial charge in [-0.2, -0.15) is 13.2 Å². The Morgan fingerprint density at radius 2 is 1.82 bits per heavy atom. The number of benzene rings is 2. The van der Waals surface area contributed by atoms with Gasteiger partial charge < -0.3 is 4.90 Å². The van der Waals surface area contributed by atoms with Crippen LogP contribution in [0.2, 0.25) is 5.02 Å². The Hall–Kier alpha value is -3.06. The molecular weight excluding hydrogens is 391 g/mol. The molecule has 1 aliphatic heterocycles. The van der Waals surface area contributed by atoms with E-state index in [1.54, 1.807) is 12.4 Å². The Labute approximate surface area is 163 Å². The number of carbonyl (C=O) groups is 1. The van der Waals surface area contributed by atoms with Crippen molar-refractivity contribution in [2.24, 2.45) is 0 Å². The fourth-order valence-corrected chi connectivity index (χ4v) is 3.39. The smallest absolute Gasteiger partial charge is 0.309 e. The van der Waals surface area contributed by atoms with Crippen LogP contribution in [0.3, 0.4) is 0 Å². The van der Waals surface area contributed by atoms with E-state index in [1.807, 2.05) is 34.9 Å². The number of nitrogens with zero attached hydrogens (tertiary/aromatic N) is 3. The highest BCUT2D eigenvalue weighted by Gasteiger charge is 2.35. The van der Waals surface area contributed by atoms with Crippen molar-refractivity contribution in [2.75, 3.05) is 0 Å². The number of para-hydroxylation sites is 1. The molecule has 1 aromatic heterocycles. The third kappa shape index (κ3) is 3.18. The van der Waals surface area contributed by atoms with E-state index in [0.717, 1.165) is 17.4 Å². The van der Waals surface area contributed by atoms with E-state index < -0.39 is 22.7 Å². The highest BCUT2D eigenvalue weighted by atomic mass is 35.5. The molecule has 28 heavy (non-hydrogen) atoms. The Bertz CT molecular complexity index is 1070. The third-order valence-electron chi connectivity index (χ3n) is 4.45. The molecule has 1 amide bonds. The maximum Gasteiger partial charge on any atom is 0.417 e. The van der Waals surface area contributed by atoms with E-state index >= 15 is 0 Å². The maximum atomic E-state index is 13.1. The van der Waals surface area contributed by atoms with E-state index in [4.69, 9.17) is 11.6 Å². The van der Waals surface area contributed by atoms with Crippen molar-refractivity contribution in [3.05, 3.63) is 88.6 Å². The quantitative estimate of drug-likeness (QED) is 0.592. The molecule has 8 heteroatoms. The standard InChI is InChI=1S/C20H13ClF3N3O/c21-18-14(7-4-8-15(18)20(22,23)24)19(28)26-10-9-17-16(11-26)25-12-27(17)13-5-2-1-3-6-13/h1-10,12H,11H2. The monoisotopic (exact) mass is 403 g/mol. The molecule has 0 bridgehead atoms. The summed E-state index contributed by atoms with van der Waals surface area (Å²) in [5.74, 6) is -0.618. The van der Waals surface area contributed by atoms with Gasteiger partial charge in [0.25, 0.3) is 5.91 Å². The molecule has 2 aromatic carbocycles. The summed E-state index contributed by atoms with van der Waals surface area (Å²) in [4.78, 5) is 18.4. The number of hydrogen-bond donors (Lipinski definition) is 0. The molecule has 2 heterocycles. The van der Waals surface area contributed by atoms with Crippen LogP contribution in [0.25, 0.3) is 11.8 Å². The van der Waals surface area contributed by atoms with Gasteiger partial charge >= 0.3 is 6.18 Å². The number of hydrogen-bond acceptors (Lipinski definition) is 2. The SMILES string of the molecule is O=C(c1cccc(C(F)(F)F)c1Cl)N1C=Cc2c(ncn2-c2ccccc2)C1. The highest BCUT2D eigenvalue weighted by Crippen LogP contribution is 2.37. The predicted molar refractivity (Wildman–Crippen MR) is 98.9 cm³/mol. The first-order chi connectivity index (χ1) is 13.4. The van der Waals surface area contributed by atoms with Gasteiger partial charge in [-0.25, -0.2) is 4.98 Å². The number of amides is 1. The van der Waals surface area contributed by atoms with Crippen LogP contribution in [0.15, 0.2) is 61.1 Å². The van der Waals surface area contributed by atoms with E-state index in [1.165, 1.54) is 23.2 Å². The Balaban J connectivity index is 1.64. The van der Waals surface area contributed by atoms with Crippen LogP contribution >= 0.6 is 11.6 Å². The van der Waals surface area contributed by atoms with Crippen LogP contribution in [-0.2, 0) is 12.7 Å². The lowest BCUT2D eigenvalue weighted by Gasteiger charge is -2.23. The Morgan fingerprint density at radius 1 is 1.07 bits per heavy atom. The minimum absolute atomic E-state index is 0.136. The van der Waals surface area contributed by atoms with Gasteiger partial charge in [0.1, 0.15) is 6.33 Å². The van der Waals surface area contributed by atoms with Gasteiger partial charge in [0, 0.05) is 11.9 Å². The number of imidazole rings is 1. The topological polar surface area (TPSA) is 38.1 Å². The minimum Gasteiger partial charge on any atom is -0.309 e. The van der Waals surface area contributed by atoms with Gasteiger partial charge in [0.05, 0.1) is 34.1 Å². The zero-order chi connectivity index (χ0) is 19.9. The molecule has 0 atom stereocenters. The molecule has 3 aromatic rings. The lowest BCUT2D eigenvalue weighted by atomic mass is 10.1. The summed E-state index contributed by atoms with van der Waals surface area (Å²) in [6.07, 6.45) is 0.253. The van der Waals surface area contributed by atoms with Crippen LogP contribution in [0, 0.1) is 0 Å². The minimum atomic E-state index is -4.63. The van der Waals surface area contributed by atoms with Crippen LogP contribution in [0.4, 0.5) is 13.2 Å². The molecule has 0 saturated heterocycles. The van der Waals surface area contributed by atoms with Gasteiger partial charge in [0.2, 0.25) is 0 Å². The third-order valence-corrected chi connectivity index (χ3v) is 4.85. The first-order valence-corrected chi connectivity index (χ1v) is 8.70. The predicted octanol–water partition coefficient (Wildman–Crippen LogP) is 5.17. The number of carbonyl (C=O) groups excluding carboxylic acids is 1. The van der Waals surface area contributed by atoms with Crippen LogP contribution in [0.5, 0.6) is 0 Å². The normalized spacial score (nSPS) is 13.5. The van der Waals surface area contributed by atoms with Crippen molar-refractivity contribution in [2.45, 2.75) is 12.7 Å². The summed E-state index contributed by atoms with van der Waals surface area (Å²) in [5.41, 5.74) is 1.14. The second-order valence-corrected chi connectivity index (χ2v) is 6.57. The summed E-state index contributed by atoms with van der Waals surface area (Å²) in [5, 5.41) is -0.603. The maximum absolute atomic E-state index is 13.1. The van der Waals surface area contributed by atoms with Gasteiger partial charge in [-0.1, -0.05) is 35.9 Å². The largest absolute Gasteiger partial charge is 0.417 e. The fourth-order valence-electron chi connectivity index (χ4n) is 3.07. The second-order valence-electron chi connectivity index (χ2n) is 6.20. The summed E-state index contributed by atoms with van der Waals surface area (Å²) in [7, 11) is 0. The lowest BCUT2D eigenvalue weighted by molar-refractivity contribution is -0.137. The molecule has 0 unspecified atom stereocenters. The van der Waals surface area contributed by atoms with Gasteiger partial charge in [-0.05, 0) is 30.3 Å². The molecule has 0 radical (unpaired) electrons. The number of aromatic nitrogens is 2. The van der Waals surface area contributed by atoms with E-state index in [9.17, 15) is 18.0 Å². The van der Waals surface area contributed by atoms with Crippen LogP contribution in [-0.4, -0.2) is 20.4 Å². The average molecular weight is 404 g/mol. The molecule has 0 N–H and O–H groups in total. The van der Waals surface area contributed by atoms with Crippen molar-refractivity contribution in [1.82, 2.24) is 14.5 Å². The van der Waals surface area contributed by atoms with Crippen molar-refractivity contribution in [1.29, 1.82) is 0 Å². The lowest BCUT2D eigenvalue weighted by Crippen LogP contribution is -2.28. The molecular formula is C20H13ClF3N3O. The van der Waals surface area contributed by atoms with Crippen LogP contribution in [0.1, 0.15) is 27.3 Å². The number of halogens is 4. The zero-order valence-corrected chi connectivity index (χ0v) is 15.1. The summed E-state index contributed by atoms with van der Waals surface area (Å²) >= 11 is 5.88. The van der Waals surface area contributed by atoms with Gasteiger partial charge in [-0.3, -0.25) is 9.36 Å². The zero-order valence-electron chi connectivity index (χ0n) is 14.3. The van der Waals surface area contributed by atoms with E-state index in [0.29, 0.717) is 5.69 Å². The molecule has 0 fully saturated rings. The van der Waals surface area contributed by atoms with Crippen LogP contribution < -0.4 is 0 Å². The average Bonchev–Trinajstić information content (AvgIpc) is 3.10. The molecule has 0 spiro atoms. The van der Waals surface area contributed by atoms with E-state index in [-0.39, 0.29) is 12.1 Å². The molecule has 142 valence electrons.